The quantitative estimate of drug-likeness (QED) is 0.289. The molecule has 0 saturated carbocycles. The third kappa shape index (κ3) is 5.03. The summed E-state index contributed by atoms with van der Waals surface area (Å²) in [5.41, 5.74) is 2.50. The van der Waals surface area contributed by atoms with Crippen molar-refractivity contribution in [1.82, 2.24) is 4.98 Å². The summed E-state index contributed by atoms with van der Waals surface area (Å²) >= 11 is 1.72. The van der Waals surface area contributed by atoms with Gasteiger partial charge in [0.05, 0.1) is 0 Å². The van der Waals surface area contributed by atoms with E-state index in [1.54, 1.807) is 11.3 Å². The zero-order valence-electron chi connectivity index (χ0n) is 18.3. The predicted molar refractivity (Wildman–Crippen MR) is 141 cm³/mol. The summed E-state index contributed by atoms with van der Waals surface area (Å²) in [5.74, 6) is 0. The van der Waals surface area contributed by atoms with Crippen LogP contribution in [-0.4, -0.2) is 11.1 Å². The summed E-state index contributed by atoms with van der Waals surface area (Å²) in [6, 6.07) is 33.6. The van der Waals surface area contributed by atoms with Gasteiger partial charge < -0.3 is 0 Å². The second-order valence-corrected chi connectivity index (χ2v) is 13.2. The molecule has 0 saturated heterocycles. The normalized spacial score (nSPS) is 12.6. The molecule has 0 bridgehead atoms. The van der Waals surface area contributed by atoms with Crippen LogP contribution in [0, 0.1) is 6.92 Å². The molecule has 31 heavy (non-hydrogen) atoms. The van der Waals surface area contributed by atoms with Crippen LogP contribution in [0.15, 0.2) is 102 Å². The van der Waals surface area contributed by atoms with Crippen molar-refractivity contribution in [3.05, 3.63) is 113 Å². The molecular weight excluding hydrogens is 413 g/mol. The molecule has 3 aromatic carbocycles. The molecule has 0 amide bonds. The van der Waals surface area contributed by atoms with Crippen molar-refractivity contribution < 1.29 is 0 Å². The van der Waals surface area contributed by atoms with Crippen molar-refractivity contribution in [2.75, 3.05) is 6.16 Å². The van der Waals surface area contributed by atoms with Gasteiger partial charge in [0.1, 0.15) is 0 Å². The van der Waals surface area contributed by atoms with Crippen LogP contribution in [-0.2, 0) is 0 Å². The third-order valence-corrected chi connectivity index (χ3v) is 11.8. The summed E-state index contributed by atoms with van der Waals surface area (Å²) in [4.78, 5) is 4.60. The van der Waals surface area contributed by atoms with Gasteiger partial charge in [-0.2, -0.15) is 0 Å². The molecule has 1 aromatic heterocycles. The molecule has 4 rings (SSSR count). The zero-order chi connectivity index (χ0) is 21.5. The topological polar surface area (TPSA) is 12.9 Å². The van der Waals surface area contributed by atoms with E-state index in [1.165, 1.54) is 27.6 Å². The first-order valence-corrected chi connectivity index (χ1v) is 14.0. The van der Waals surface area contributed by atoms with Crippen LogP contribution >= 0.6 is 18.6 Å². The minimum absolute atomic E-state index is 1.10. The van der Waals surface area contributed by atoms with Gasteiger partial charge in [-0.3, -0.25) is 0 Å². The monoisotopic (exact) mass is 443 g/mol. The molecule has 0 aliphatic rings. The van der Waals surface area contributed by atoms with Crippen LogP contribution in [0.5, 0.6) is 0 Å². The van der Waals surface area contributed by atoms with E-state index in [9.17, 15) is 0 Å². The van der Waals surface area contributed by atoms with E-state index < -0.39 is 7.26 Å². The fourth-order valence-electron chi connectivity index (χ4n) is 4.50. The van der Waals surface area contributed by atoms with Crippen molar-refractivity contribution in [2.45, 2.75) is 26.7 Å². The molecule has 0 atom stereocenters. The molecule has 0 N–H and O–H groups in total. The number of allylic oxidation sites excluding steroid dienone is 1. The maximum absolute atomic E-state index is 4.60. The minimum atomic E-state index is -2.12. The third-order valence-electron chi connectivity index (χ3n) is 5.95. The Morgan fingerprint density at radius 3 is 1.71 bits per heavy atom. The van der Waals surface area contributed by atoms with Crippen LogP contribution in [0.4, 0.5) is 0 Å². The fraction of sp³-hybridized carbons (Fsp3) is 0.179. The Hall–Kier alpha value is -2.54. The average molecular weight is 444 g/mol. The van der Waals surface area contributed by atoms with Crippen molar-refractivity contribution >= 4 is 40.6 Å². The van der Waals surface area contributed by atoms with Gasteiger partial charge in [0.15, 0.2) is 0 Å². The molecular formula is C28H30NPS. The molecule has 0 unspecified atom stereocenters. The van der Waals surface area contributed by atoms with Crippen LogP contribution < -0.4 is 15.9 Å². The first-order chi connectivity index (χ1) is 15.2. The molecule has 3 heteroatoms. The maximum atomic E-state index is 4.60. The summed E-state index contributed by atoms with van der Waals surface area (Å²) in [6.07, 6.45) is 5.70. The fourth-order valence-corrected chi connectivity index (χ4v) is 9.93. The number of thiazole rings is 1. The number of aryl methyl sites for hydroxylation is 1. The zero-order valence-corrected chi connectivity index (χ0v) is 20.1. The molecule has 1 nitrogen and oxygen atoms in total. The SMILES string of the molecule is C/C(=C\c1csc(C)n1)CCC[PH](c1ccccc1)(c1ccccc1)c1ccccc1. The predicted octanol–water partition coefficient (Wildman–Crippen LogP) is 6.36. The Balaban J connectivity index is 1.69. The Kier molecular flexibility index (Phi) is 7.12. The van der Waals surface area contributed by atoms with Gasteiger partial charge >= 0.3 is 191 Å². The van der Waals surface area contributed by atoms with Crippen molar-refractivity contribution in [3.63, 3.8) is 0 Å². The number of nitrogens with zero attached hydrogens (tertiary/aromatic N) is 1. The number of rotatable bonds is 8. The van der Waals surface area contributed by atoms with E-state index in [-0.39, 0.29) is 0 Å². The second-order valence-electron chi connectivity index (χ2n) is 8.14. The summed E-state index contributed by atoms with van der Waals surface area (Å²) in [6.45, 7) is 4.31. The molecule has 0 spiro atoms. The molecule has 0 aliphatic heterocycles. The molecule has 4 aromatic rings. The summed E-state index contributed by atoms with van der Waals surface area (Å²) < 4.78 is 0. The van der Waals surface area contributed by atoms with E-state index in [1.807, 2.05) is 0 Å². The number of hydrogen-bond donors (Lipinski definition) is 0. The van der Waals surface area contributed by atoms with Crippen LogP contribution in [0.2, 0.25) is 0 Å². The van der Waals surface area contributed by atoms with E-state index >= 15 is 0 Å². The molecule has 158 valence electrons. The Morgan fingerprint density at radius 2 is 1.29 bits per heavy atom. The van der Waals surface area contributed by atoms with Gasteiger partial charge in [-0.25, -0.2) is 0 Å². The summed E-state index contributed by atoms with van der Waals surface area (Å²) in [5, 5.41) is 7.75. The molecule has 1 heterocycles. The van der Waals surface area contributed by atoms with Gasteiger partial charge in [-0.1, -0.05) is 0 Å². The van der Waals surface area contributed by atoms with Gasteiger partial charge in [0, 0.05) is 0 Å². The standard InChI is InChI=1S/C28H30NPS/c1-23(21-25-22-31-24(2)29-25)13-12-20-30(26-14-6-3-7-15-26,27-16-8-4-9-17-27)28-18-10-5-11-19-28/h3-11,14-19,21-22,30H,12-13,20H2,1-2H3/b23-21+. The van der Waals surface area contributed by atoms with Crippen molar-refractivity contribution in [3.8, 4) is 0 Å². The van der Waals surface area contributed by atoms with Crippen LogP contribution in [0.25, 0.3) is 6.08 Å². The second kappa shape index (κ2) is 10.2. The van der Waals surface area contributed by atoms with Crippen LogP contribution in [0.3, 0.4) is 0 Å². The first-order valence-electron chi connectivity index (χ1n) is 10.9. The Morgan fingerprint density at radius 1 is 0.806 bits per heavy atom. The number of hydrogen-bond acceptors (Lipinski definition) is 2. The van der Waals surface area contributed by atoms with Gasteiger partial charge in [0.25, 0.3) is 0 Å². The molecule has 0 fully saturated rings. The van der Waals surface area contributed by atoms with Gasteiger partial charge in [-0.15, -0.1) is 0 Å². The van der Waals surface area contributed by atoms with Crippen LogP contribution in [0.1, 0.15) is 30.5 Å². The van der Waals surface area contributed by atoms with E-state index in [0.29, 0.717) is 0 Å². The molecule has 0 aliphatic carbocycles. The first kappa shape index (κ1) is 21.7. The molecule has 0 radical (unpaired) electrons. The Bertz CT molecular complexity index is 1020. The number of aromatic nitrogens is 1. The summed E-state index contributed by atoms with van der Waals surface area (Å²) in [7, 11) is -2.12. The van der Waals surface area contributed by atoms with Crippen molar-refractivity contribution in [1.29, 1.82) is 0 Å². The van der Waals surface area contributed by atoms with Crippen molar-refractivity contribution in [2.24, 2.45) is 0 Å². The van der Waals surface area contributed by atoms with E-state index in [4.69, 9.17) is 0 Å². The van der Waals surface area contributed by atoms with E-state index in [2.05, 4.69) is 121 Å². The van der Waals surface area contributed by atoms with E-state index in [0.717, 1.165) is 23.5 Å². The van der Waals surface area contributed by atoms with Gasteiger partial charge in [0.2, 0.25) is 0 Å². The Labute approximate surface area is 190 Å². The van der Waals surface area contributed by atoms with Gasteiger partial charge in [-0.05, 0) is 0 Å². The number of benzene rings is 3. The average Bonchev–Trinajstić information content (AvgIpc) is 3.23.